The van der Waals surface area contributed by atoms with Gasteiger partial charge in [0, 0.05) is 30.3 Å². The van der Waals surface area contributed by atoms with E-state index in [1.54, 1.807) is 12.0 Å². The van der Waals surface area contributed by atoms with E-state index >= 15 is 0 Å². The molecular weight excluding hydrogens is 316 g/mol. The Bertz CT molecular complexity index is 714. The van der Waals surface area contributed by atoms with E-state index in [2.05, 4.69) is 17.4 Å². The van der Waals surface area contributed by atoms with Crippen molar-refractivity contribution in [2.24, 2.45) is 0 Å². The Kier molecular flexibility index (Phi) is 5.56. The normalized spacial score (nSPS) is 13.4. The van der Waals surface area contributed by atoms with Gasteiger partial charge in [0.25, 0.3) is 0 Å². The first-order valence-corrected chi connectivity index (χ1v) is 8.60. The molecule has 0 radical (unpaired) electrons. The zero-order chi connectivity index (χ0) is 17.6. The van der Waals surface area contributed by atoms with Crippen LogP contribution in [0.15, 0.2) is 48.5 Å². The third-order valence-electron chi connectivity index (χ3n) is 4.36. The van der Waals surface area contributed by atoms with Crippen LogP contribution in [0.2, 0.25) is 0 Å². The van der Waals surface area contributed by atoms with Crippen LogP contribution in [-0.4, -0.2) is 42.3 Å². The van der Waals surface area contributed by atoms with Crippen molar-refractivity contribution in [3.05, 3.63) is 59.7 Å². The standard InChI is InChI=1S/C20H24N2O3/c1-25-19-10-7-17(14-16(19)13-15-5-3-2-4-6-15)21-20(24)22(11-12-23)18-8-9-18/h2-7,10,14,18,23H,8-9,11-13H2,1H3,(H,21,24). The molecule has 0 saturated heterocycles. The quantitative estimate of drug-likeness (QED) is 0.813. The lowest BCUT2D eigenvalue weighted by atomic mass is 10.0. The van der Waals surface area contributed by atoms with Gasteiger partial charge in [0.2, 0.25) is 0 Å². The van der Waals surface area contributed by atoms with Gasteiger partial charge in [-0.3, -0.25) is 0 Å². The van der Waals surface area contributed by atoms with Crippen molar-refractivity contribution in [2.45, 2.75) is 25.3 Å². The maximum atomic E-state index is 12.5. The zero-order valence-electron chi connectivity index (χ0n) is 14.4. The third-order valence-corrected chi connectivity index (χ3v) is 4.36. The average molecular weight is 340 g/mol. The Morgan fingerprint density at radius 3 is 2.64 bits per heavy atom. The maximum absolute atomic E-state index is 12.5. The van der Waals surface area contributed by atoms with Crippen molar-refractivity contribution in [1.82, 2.24) is 4.90 Å². The molecule has 2 aromatic rings. The molecule has 5 heteroatoms. The number of nitrogens with zero attached hydrogens (tertiary/aromatic N) is 1. The number of urea groups is 1. The van der Waals surface area contributed by atoms with Crippen molar-refractivity contribution >= 4 is 11.7 Å². The molecular formula is C20H24N2O3. The van der Waals surface area contributed by atoms with E-state index in [0.29, 0.717) is 6.54 Å². The Morgan fingerprint density at radius 2 is 2.00 bits per heavy atom. The van der Waals surface area contributed by atoms with Crippen LogP contribution in [-0.2, 0) is 6.42 Å². The highest BCUT2D eigenvalue weighted by atomic mass is 16.5. The number of aliphatic hydroxyl groups excluding tert-OH is 1. The summed E-state index contributed by atoms with van der Waals surface area (Å²) in [7, 11) is 1.65. The smallest absolute Gasteiger partial charge is 0.322 e. The number of aliphatic hydroxyl groups is 1. The Balaban J connectivity index is 1.75. The van der Waals surface area contributed by atoms with Crippen LogP contribution >= 0.6 is 0 Å². The van der Waals surface area contributed by atoms with Gasteiger partial charge in [-0.15, -0.1) is 0 Å². The number of methoxy groups -OCH3 is 1. The molecule has 25 heavy (non-hydrogen) atoms. The van der Waals surface area contributed by atoms with Crippen LogP contribution in [0.25, 0.3) is 0 Å². The second-order valence-corrected chi connectivity index (χ2v) is 6.27. The number of hydrogen-bond acceptors (Lipinski definition) is 3. The van der Waals surface area contributed by atoms with E-state index in [1.165, 1.54) is 5.56 Å². The van der Waals surface area contributed by atoms with Gasteiger partial charge >= 0.3 is 6.03 Å². The highest BCUT2D eigenvalue weighted by Crippen LogP contribution is 2.28. The summed E-state index contributed by atoms with van der Waals surface area (Å²) in [5.74, 6) is 0.802. The lowest BCUT2D eigenvalue weighted by molar-refractivity contribution is 0.185. The third kappa shape index (κ3) is 4.51. The molecule has 2 aromatic carbocycles. The number of benzene rings is 2. The van der Waals surface area contributed by atoms with E-state index in [4.69, 9.17) is 9.84 Å². The van der Waals surface area contributed by atoms with E-state index in [9.17, 15) is 4.79 Å². The Hall–Kier alpha value is -2.53. The molecule has 132 valence electrons. The topological polar surface area (TPSA) is 61.8 Å². The van der Waals surface area contributed by atoms with E-state index in [-0.39, 0.29) is 18.7 Å². The lowest BCUT2D eigenvalue weighted by Crippen LogP contribution is -2.38. The fourth-order valence-electron chi connectivity index (χ4n) is 2.95. The van der Waals surface area contributed by atoms with Crippen molar-refractivity contribution in [1.29, 1.82) is 0 Å². The number of hydrogen-bond donors (Lipinski definition) is 2. The summed E-state index contributed by atoms with van der Waals surface area (Å²) in [4.78, 5) is 14.2. The number of carbonyl (C=O) groups excluding carboxylic acids is 1. The van der Waals surface area contributed by atoms with Crippen molar-refractivity contribution < 1.29 is 14.6 Å². The first-order chi connectivity index (χ1) is 12.2. The van der Waals surface area contributed by atoms with E-state index in [1.807, 2.05) is 36.4 Å². The number of rotatable bonds is 7. The molecule has 0 aromatic heterocycles. The van der Waals surface area contributed by atoms with Gasteiger partial charge in [-0.1, -0.05) is 30.3 Å². The Labute approximate surface area is 148 Å². The maximum Gasteiger partial charge on any atom is 0.322 e. The minimum atomic E-state index is -0.160. The van der Waals surface area contributed by atoms with Gasteiger partial charge in [-0.2, -0.15) is 0 Å². The zero-order valence-corrected chi connectivity index (χ0v) is 14.4. The van der Waals surface area contributed by atoms with Crippen molar-refractivity contribution in [3.8, 4) is 5.75 Å². The molecule has 2 N–H and O–H groups in total. The van der Waals surface area contributed by atoms with Gasteiger partial charge in [0.15, 0.2) is 0 Å². The SMILES string of the molecule is COc1ccc(NC(=O)N(CCO)C2CC2)cc1Cc1ccccc1. The van der Waals surface area contributed by atoms with Crippen LogP contribution in [0.1, 0.15) is 24.0 Å². The summed E-state index contributed by atoms with van der Waals surface area (Å²) >= 11 is 0. The average Bonchev–Trinajstić information content (AvgIpc) is 3.45. The molecule has 0 atom stereocenters. The highest BCUT2D eigenvalue weighted by Gasteiger charge is 2.32. The van der Waals surface area contributed by atoms with Gasteiger partial charge < -0.3 is 20.1 Å². The number of nitrogens with one attached hydrogen (secondary N) is 1. The Morgan fingerprint density at radius 1 is 1.24 bits per heavy atom. The molecule has 1 saturated carbocycles. The van der Waals surface area contributed by atoms with Crippen molar-refractivity contribution in [3.63, 3.8) is 0 Å². The van der Waals surface area contributed by atoms with Crippen LogP contribution < -0.4 is 10.1 Å². The molecule has 3 rings (SSSR count). The van der Waals surface area contributed by atoms with Crippen LogP contribution in [0.5, 0.6) is 5.75 Å². The molecule has 0 aliphatic heterocycles. The molecule has 0 unspecified atom stereocenters. The monoisotopic (exact) mass is 340 g/mol. The first-order valence-electron chi connectivity index (χ1n) is 8.60. The summed E-state index contributed by atoms with van der Waals surface area (Å²) in [6.07, 6.45) is 2.75. The number of amides is 2. The minimum absolute atomic E-state index is 0.0220. The van der Waals surface area contributed by atoms with Crippen LogP contribution in [0, 0.1) is 0 Å². The molecule has 0 heterocycles. The molecule has 0 spiro atoms. The lowest BCUT2D eigenvalue weighted by Gasteiger charge is -2.22. The van der Waals surface area contributed by atoms with Gasteiger partial charge in [0.05, 0.1) is 13.7 Å². The molecule has 2 amide bonds. The second kappa shape index (κ2) is 8.03. The van der Waals surface area contributed by atoms with Gasteiger partial charge in [0.1, 0.15) is 5.75 Å². The van der Waals surface area contributed by atoms with E-state index in [0.717, 1.165) is 36.3 Å². The number of anilines is 1. The number of ether oxygens (including phenoxy) is 1. The van der Waals surface area contributed by atoms with Crippen LogP contribution in [0.4, 0.5) is 10.5 Å². The molecule has 5 nitrogen and oxygen atoms in total. The largest absolute Gasteiger partial charge is 0.496 e. The summed E-state index contributed by atoms with van der Waals surface area (Å²) in [5, 5.41) is 12.1. The van der Waals surface area contributed by atoms with Crippen molar-refractivity contribution in [2.75, 3.05) is 25.6 Å². The van der Waals surface area contributed by atoms with Gasteiger partial charge in [-0.05, 0) is 36.6 Å². The molecule has 1 fully saturated rings. The highest BCUT2D eigenvalue weighted by molar-refractivity contribution is 5.90. The first kappa shape index (κ1) is 17.3. The molecule has 1 aliphatic carbocycles. The number of carbonyl (C=O) groups is 1. The predicted octanol–water partition coefficient (Wildman–Crippen LogP) is 3.27. The summed E-state index contributed by atoms with van der Waals surface area (Å²) in [5.41, 5.74) is 2.94. The predicted molar refractivity (Wildman–Crippen MR) is 98.1 cm³/mol. The molecule has 1 aliphatic rings. The minimum Gasteiger partial charge on any atom is -0.496 e. The second-order valence-electron chi connectivity index (χ2n) is 6.27. The fraction of sp³-hybridized carbons (Fsp3) is 0.350. The van der Waals surface area contributed by atoms with Crippen LogP contribution in [0.3, 0.4) is 0 Å². The fourth-order valence-corrected chi connectivity index (χ4v) is 2.95. The van der Waals surface area contributed by atoms with E-state index < -0.39 is 0 Å². The molecule has 0 bridgehead atoms. The summed E-state index contributed by atoms with van der Waals surface area (Å²) in [6, 6.07) is 15.9. The van der Waals surface area contributed by atoms with Gasteiger partial charge in [-0.25, -0.2) is 4.79 Å². The summed E-state index contributed by atoms with van der Waals surface area (Å²) < 4.78 is 5.46. The summed E-state index contributed by atoms with van der Waals surface area (Å²) in [6.45, 7) is 0.343.